The molecule has 3 aromatic rings. The second-order valence-electron chi connectivity index (χ2n) is 8.97. The van der Waals surface area contributed by atoms with Crippen molar-refractivity contribution in [1.29, 1.82) is 0 Å². The number of nitrogens with one attached hydrogen (secondary N) is 1. The fourth-order valence-corrected chi connectivity index (χ4v) is 4.58. The van der Waals surface area contributed by atoms with Crippen molar-refractivity contribution in [3.63, 3.8) is 0 Å². The standard InChI is InChI=1S/C27H29N5O2/c1-32(2)14-15-34-22-8-6-19(7-9-22)27-29-25(18-10-12-28-13-11-18)26(30-27)21-16-20-4-3-5-23(20)24(17-21)31-33/h6-13,16,33H,3-5,14-15,17H2,1-2H3,(H,29,30). The van der Waals surface area contributed by atoms with E-state index in [9.17, 15) is 5.21 Å². The maximum Gasteiger partial charge on any atom is 0.138 e. The number of allylic oxidation sites excluding steroid dienone is 4. The molecule has 174 valence electrons. The average molecular weight is 456 g/mol. The van der Waals surface area contributed by atoms with Crippen molar-refractivity contribution >= 4 is 11.3 Å². The van der Waals surface area contributed by atoms with Crippen LogP contribution < -0.4 is 4.74 Å². The SMILES string of the molecule is CN(C)CCOc1ccc(-c2nc(C3=CC4=C(CCC4)C(=NO)C3)c(-c3ccncc3)[nH]2)cc1. The molecule has 7 heteroatoms. The number of ether oxygens (including phenoxy) is 1. The molecule has 0 amide bonds. The molecule has 2 aliphatic rings. The number of benzene rings is 1. The summed E-state index contributed by atoms with van der Waals surface area (Å²) in [6.07, 6.45) is 9.46. The number of hydrogen-bond acceptors (Lipinski definition) is 6. The molecule has 2 aromatic heterocycles. The highest BCUT2D eigenvalue weighted by atomic mass is 16.5. The number of nitrogens with zero attached hydrogens (tertiary/aromatic N) is 4. The number of oxime groups is 1. The van der Waals surface area contributed by atoms with Crippen LogP contribution >= 0.6 is 0 Å². The molecule has 0 spiro atoms. The molecular weight excluding hydrogens is 426 g/mol. The Morgan fingerprint density at radius 1 is 1.06 bits per heavy atom. The molecule has 34 heavy (non-hydrogen) atoms. The Labute approximate surface area is 199 Å². The first-order valence-corrected chi connectivity index (χ1v) is 11.6. The van der Waals surface area contributed by atoms with Crippen LogP contribution in [0.25, 0.3) is 28.2 Å². The molecule has 0 bridgehead atoms. The van der Waals surface area contributed by atoms with Crippen LogP contribution in [0.4, 0.5) is 0 Å². The lowest BCUT2D eigenvalue weighted by atomic mass is 9.89. The van der Waals surface area contributed by atoms with Crippen LogP contribution in [-0.4, -0.2) is 58.0 Å². The maximum atomic E-state index is 9.67. The van der Waals surface area contributed by atoms with Crippen molar-refractivity contribution in [2.75, 3.05) is 27.2 Å². The minimum absolute atomic E-state index is 0.566. The Morgan fingerprint density at radius 2 is 1.85 bits per heavy atom. The van der Waals surface area contributed by atoms with Gasteiger partial charge in [-0.3, -0.25) is 4.98 Å². The zero-order chi connectivity index (χ0) is 23.5. The van der Waals surface area contributed by atoms with Gasteiger partial charge in [0.1, 0.15) is 18.2 Å². The third-order valence-corrected chi connectivity index (χ3v) is 6.35. The van der Waals surface area contributed by atoms with E-state index < -0.39 is 0 Å². The van der Waals surface area contributed by atoms with Crippen LogP contribution in [0.5, 0.6) is 5.75 Å². The quantitative estimate of drug-likeness (QED) is 0.379. The Balaban J connectivity index is 1.50. The van der Waals surface area contributed by atoms with Gasteiger partial charge in [0.15, 0.2) is 0 Å². The van der Waals surface area contributed by atoms with Gasteiger partial charge in [-0.15, -0.1) is 0 Å². The maximum absolute atomic E-state index is 9.67. The first kappa shape index (κ1) is 22.1. The van der Waals surface area contributed by atoms with E-state index in [-0.39, 0.29) is 0 Å². The van der Waals surface area contributed by atoms with E-state index in [1.807, 2.05) is 50.5 Å². The summed E-state index contributed by atoms with van der Waals surface area (Å²) in [5, 5.41) is 13.3. The third-order valence-electron chi connectivity index (χ3n) is 6.35. The fourth-order valence-electron chi connectivity index (χ4n) is 4.58. The molecule has 0 saturated heterocycles. The number of pyridine rings is 1. The van der Waals surface area contributed by atoms with Gasteiger partial charge in [0.25, 0.3) is 0 Å². The van der Waals surface area contributed by atoms with E-state index in [2.05, 4.69) is 26.1 Å². The van der Waals surface area contributed by atoms with Crippen LogP contribution in [-0.2, 0) is 0 Å². The molecule has 2 N–H and O–H groups in total. The summed E-state index contributed by atoms with van der Waals surface area (Å²) in [6, 6.07) is 12.0. The monoisotopic (exact) mass is 455 g/mol. The van der Waals surface area contributed by atoms with Gasteiger partial charge in [-0.25, -0.2) is 4.98 Å². The van der Waals surface area contributed by atoms with Crippen molar-refractivity contribution in [3.05, 3.63) is 71.7 Å². The number of hydrogen-bond donors (Lipinski definition) is 2. The molecule has 0 atom stereocenters. The first-order valence-electron chi connectivity index (χ1n) is 11.6. The van der Waals surface area contributed by atoms with E-state index in [1.165, 1.54) is 11.1 Å². The Morgan fingerprint density at radius 3 is 2.59 bits per heavy atom. The first-order chi connectivity index (χ1) is 16.6. The number of H-pyrrole nitrogens is 1. The molecule has 2 aliphatic carbocycles. The third kappa shape index (κ3) is 4.52. The average Bonchev–Trinajstić information content (AvgIpc) is 3.52. The summed E-state index contributed by atoms with van der Waals surface area (Å²) < 4.78 is 5.84. The van der Waals surface area contributed by atoms with Gasteiger partial charge in [0.05, 0.1) is 17.1 Å². The Hall–Kier alpha value is -3.71. The molecule has 0 saturated carbocycles. The number of likely N-dealkylation sites (N-methyl/N-ethyl adjacent to an activating group) is 1. The zero-order valence-electron chi connectivity index (χ0n) is 19.6. The molecule has 7 nitrogen and oxygen atoms in total. The van der Waals surface area contributed by atoms with Gasteiger partial charge in [-0.1, -0.05) is 11.2 Å². The summed E-state index contributed by atoms with van der Waals surface area (Å²) in [4.78, 5) is 14.8. The van der Waals surface area contributed by atoms with E-state index in [0.29, 0.717) is 13.0 Å². The van der Waals surface area contributed by atoms with E-state index in [1.54, 1.807) is 12.4 Å². The van der Waals surface area contributed by atoms with Crippen LogP contribution in [0.3, 0.4) is 0 Å². The van der Waals surface area contributed by atoms with Gasteiger partial charge in [0.2, 0.25) is 0 Å². The van der Waals surface area contributed by atoms with Crippen LogP contribution in [0.2, 0.25) is 0 Å². The molecule has 1 aromatic carbocycles. The molecule has 0 aliphatic heterocycles. The van der Waals surface area contributed by atoms with Crippen molar-refractivity contribution in [2.45, 2.75) is 25.7 Å². The van der Waals surface area contributed by atoms with Gasteiger partial charge in [0, 0.05) is 36.5 Å². The van der Waals surface area contributed by atoms with Crippen LogP contribution in [0.1, 0.15) is 31.4 Å². The second-order valence-corrected chi connectivity index (χ2v) is 8.97. The highest BCUT2D eigenvalue weighted by Gasteiger charge is 2.27. The van der Waals surface area contributed by atoms with Gasteiger partial charge < -0.3 is 19.8 Å². The lowest BCUT2D eigenvalue weighted by Gasteiger charge is -2.16. The van der Waals surface area contributed by atoms with Crippen molar-refractivity contribution in [3.8, 4) is 28.4 Å². The van der Waals surface area contributed by atoms with Crippen molar-refractivity contribution in [2.24, 2.45) is 5.16 Å². The smallest absolute Gasteiger partial charge is 0.138 e. The summed E-state index contributed by atoms with van der Waals surface area (Å²) >= 11 is 0. The molecule has 0 fully saturated rings. The predicted molar refractivity (Wildman–Crippen MR) is 134 cm³/mol. The summed E-state index contributed by atoms with van der Waals surface area (Å²) in [5.41, 5.74) is 8.09. The topological polar surface area (TPSA) is 86.6 Å². The number of aromatic amines is 1. The normalized spacial score (nSPS) is 16.8. The van der Waals surface area contributed by atoms with Crippen molar-refractivity contribution < 1.29 is 9.94 Å². The summed E-state index contributed by atoms with van der Waals surface area (Å²) in [6.45, 7) is 1.51. The summed E-state index contributed by atoms with van der Waals surface area (Å²) in [5.74, 6) is 1.63. The molecular formula is C27H29N5O2. The molecule has 2 heterocycles. The van der Waals surface area contributed by atoms with E-state index in [0.717, 1.165) is 71.2 Å². The van der Waals surface area contributed by atoms with E-state index in [4.69, 9.17) is 9.72 Å². The fraction of sp³-hybridized carbons (Fsp3) is 0.296. The van der Waals surface area contributed by atoms with Crippen LogP contribution in [0.15, 0.2) is 71.2 Å². The highest BCUT2D eigenvalue weighted by molar-refractivity contribution is 6.09. The Bertz CT molecular complexity index is 1250. The zero-order valence-corrected chi connectivity index (χ0v) is 19.6. The predicted octanol–water partition coefficient (Wildman–Crippen LogP) is 5.18. The second kappa shape index (κ2) is 9.65. The molecule has 0 unspecified atom stereocenters. The number of imidazole rings is 1. The minimum Gasteiger partial charge on any atom is -0.492 e. The van der Waals surface area contributed by atoms with E-state index >= 15 is 0 Å². The minimum atomic E-state index is 0.566. The van der Waals surface area contributed by atoms with Crippen molar-refractivity contribution in [1.82, 2.24) is 19.9 Å². The lowest BCUT2D eigenvalue weighted by molar-refractivity contribution is 0.261. The molecule has 0 radical (unpaired) electrons. The van der Waals surface area contributed by atoms with Gasteiger partial charge >= 0.3 is 0 Å². The highest BCUT2D eigenvalue weighted by Crippen LogP contribution is 2.40. The van der Waals surface area contributed by atoms with Crippen LogP contribution in [0, 0.1) is 0 Å². The lowest BCUT2D eigenvalue weighted by Crippen LogP contribution is -2.19. The van der Waals surface area contributed by atoms with Gasteiger partial charge in [-0.2, -0.15) is 0 Å². The summed E-state index contributed by atoms with van der Waals surface area (Å²) in [7, 11) is 4.06. The molecule has 5 rings (SSSR count). The largest absolute Gasteiger partial charge is 0.492 e. The van der Waals surface area contributed by atoms with Gasteiger partial charge in [-0.05, 0) is 86.5 Å². The Kier molecular flexibility index (Phi) is 6.27. The number of aromatic nitrogens is 3. The number of rotatable bonds is 7.